The molecule has 6 heteroatoms. The van der Waals surface area contributed by atoms with Gasteiger partial charge in [0, 0.05) is 22.8 Å². The van der Waals surface area contributed by atoms with Crippen LogP contribution in [0.25, 0.3) is 0 Å². The number of nitrogens with two attached hydrogens (primary N) is 1. The fourth-order valence-electron chi connectivity index (χ4n) is 1.46. The third-order valence-corrected chi connectivity index (χ3v) is 3.21. The van der Waals surface area contributed by atoms with Crippen molar-refractivity contribution in [2.45, 2.75) is 13.5 Å². The summed E-state index contributed by atoms with van der Waals surface area (Å²) in [6, 6.07) is 3.72. The van der Waals surface area contributed by atoms with Crippen LogP contribution in [0.4, 0.5) is 5.82 Å². The van der Waals surface area contributed by atoms with Crippen molar-refractivity contribution in [3.8, 4) is 0 Å². The van der Waals surface area contributed by atoms with Crippen LogP contribution in [-0.4, -0.2) is 9.55 Å². The van der Waals surface area contributed by atoms with E-state index in [4.69, 9.17) is 5.84 Å². The number of aryl methyl sites for hydroxylation is 1. The number of hydrogen-bond donors (Lipinski definition) is 2. The molecular weight excluding hydrogens is 224 g/mol. The topological polar surface area (TPSA) is 72.9 Å². The first kappa shape index (κ1) is 10.8. The summed E-state index contributed by atoms with van der Waals surface area (Å²) < 4.78 is 1.70. The Morgan fingerprint density at radius 1 is 1.62 bits per heavy atom. The SMILES string of the molecule is Cc1csc(=O)n1Cc1cccnc1NN. The van der Waals surface area contributed by atoms with Crippen LogP contribution in [0.2, 0.25) is 0 Å². The van der Waals surface area contributed by atoms with Crippen molar-refractivity contribution >= 4 is 17.2 Å². The average Bonchev–Trinajstić information content (AvgIpc) is 2.61. The molecule has 0 radical (unpaired) electrons. The zero-order valence-corrected chi connectivity index (χ0v) is 9.62. The van der Waals surface area contributed by atoms with Crippen LogP contribution < -0.4 is 16.1 Å². The Morgan fingerprint density at radius 3 is 3.06 bits per heavy atom. The lowest BCUT2D eigenvalue weighted by atomic mass is 10.2. The normalized spacial score (nSPS) is 10.4. The van der Waals surface area contributed by atoms with Gasteiger partial charge in [-0.25, -0.2) is 10.8 Å². The summed E-state index contributed by atoms with van der Waals surface area (Å²) >= 11 is 1.20. The molecule has 0 atom stereocenters. The first-order chi connectivity index (χ1) is 7.72. The van der Waals surface area contributed by atoms with Gasteiger partial charge in [-0.2, -0.15) is 0 Å². The molecule has 2 rings (SSSR count). The maximum Gasteiger partial charge on any atom is 0.307 e. The number of hydrazine groups is 1. The van der Waals surface area contributed by atoms with Crippen LogP contribution in [0.5, 0.6) is 0 Å². The van der Waals surface area contributed by atoms with Crippen molar-refractivity contribution in [2.24, 2.45) is 5.84 Å². The molecule has 2 aromatic heterocycles. The monoisotopic (exact) mass is 236 g/mol. The zero-order valence-electron chi connectivity index (χ0n) is 8.80. The average molecular weight is 236 g/mol. The highest BCUT2D eigenvalue weighted by Gasteiger charge is 2.07. The maximum absolute atomic E-state index is 11.6. The Balaban J connectivity index is 2.37. The van der Waals surface area contributed by atoms with Gasteiger partial charge in [-0.3, -0.25) is 9.36 Å². The van der Waals surface area contributed by atoms with Crippen molar-refractivity contribution in [3.05, 3.63) is 44.6 Å². The van der Waals surface area contributed by atoms with E-state index in [0.717, 1.165) is 11.3 Å². The van der Waals surface area contributed by atoms with Gasteiger partial charge in [0.05, 0.1) is 6.54 Å². The summed E-state index contributed by atoms with van der Waals surface area (Å²) in [5.74, 6) is 5.96. The highest BCUT2D eigenvalue weighted by atomic mass is 32.1. The van der Waals surface area contributed by atoms with Gasteiger partial charge in [-0.05, 0) is 13.0 Å². The van der Waals surface area contributed by atoms with Gasteiger partial charge in [0.2, 0.25) is 0 Å². The molecule has 84 valence electrons. The first-order valence-electron chi connectivity index (χ1n) is 4.78. The van der Waals surface area contributed by atoms with Gasteiger partial charge in [0.1, 0.15) is 5.82 Å². The molecule has 2 heterocycles. The molecule has 0 bridgehead atoms. The minimum atomic E-state index is 0.0318. The minimum Gasteiger partial charge on any atom is -0.308 e. The number of nitrogen functional groups attached to an aromatic ring is 1. The second kappa shape index (κ2) is 4.46. The number of pyridine rings is 1. The van der Waals surface area contributed by atoms with E-state index < -0.39 is 0 Å². The fraction of sp³-hybridized carbons (Fsp3) is 0.200. The van der Waals surface area contributed by atoms with Crippen LogP contribution >= 0.6 is 11.3 Å². The second-order valence-electron chi connectivity index (χ2n) is 3.38. The van der Waals surface area contributed by atoms with E-state index in [2.05, 4.69) is 10.4 Å². The molecule has 16 heavy (non-hydrogen) atoms. The highest BCUT2D eigenvalue weighted by molar-refractivity contribution is 7.07. The quantitative estimate of drug-likeness (QED) is 0.614. The van der Waals surface area contributed by atoms with E-state index in [1.807, 2.05) is 24.4 Å². The van der Waals surface area contributed by atoms with Gasteiger partial charge in [-0.15, -0.1) is 0 Å². The summed E-state index contributed by atoms with van der Waals surface area (Å²) in [4.78, 5) is 15.7. The summed E-state index contributed by atoms with van der Waals surface area (Å²) in [6.45, 7) is 2.39. The Labute approximate surface area is 96.5 Å². The zero-order chi connectivity index (χ0) is 11.5. The van der Waals surface area contributed by atoms with E-state index >= 15 is 0 Å². The lowest BCUT2D eigenvalue weighted by molar-refractivity contribution is 0.753. The molecule has 0 aliphatic rings. The molecule has 0 aliphatic carbocycles. The molecule has 0 fully saturated rings. The molecule has 0 saturated carbocycles. The van der Waals surface area contributed by atoms with Crippen molar-refractivity contribution < 1.29 is 0 Å². The van der Waals surface area contributed by atoms with Gasteiger partial charge >= 0.3 is 4.87 Å². The maximum atomic E-state index is 11.6. The van der Waals surface area contributed by atoms with Crippen molar-refractivity contribution in [2.75, 3.05) is 5.43 Å². The molecule has 0 amide bonds. The Hall–Kier alpha value is -1.66. The van der Waals surface area contributed by atoms with Crippen LogP contribution in [0.3, 0.4) is 0 Å². The Bertz CT molecular complexity index is 546. The Morgan fingerprint density at radius 2 is 2.44 bits per heavy atom. The first-order valence-corrected chi connectivity index (χ1v) is 5.66. The predicted octanol–water partition coefficient (Wildman–Crippen LogP) is 0.947. The number of hydrogen-bond acceptors (Lipinski definition) is 5. The van der Waals surface area contributed by atoms with Gasteiger partial charge in [0.15, 0.2) is 0 Å². The molecule has 2 aromatic rings. The van der Waals surface area contributed by atoms with E-state index in [9.17, 15) is 4.79 Å². The standard InChI is InChI=1S/C10H12N4OS/c1-7-6-16-10(15)14(7)5-8-3-2-4-12-9(8)13-11/h2-4,6H,5,11H2,1H3,(H,12,13). The van der Waals surface area contributed by atoms with Crippen LogP contribution in [0.1, 0.15) is 11.3 Å². The van der Waals surface area contributed by atoms with Crippen LogP contribution in [-0.2, 0) is 6.54 Å². The summed E-state index contributed by atoms with van der Waals surface area (Å²) in [5, 5.41) is 1.84. The number of anilines is 1. The van der Waals surface area contributed by atoms with Crippen molar-refractivity contribution in [3.63, 3.8) is 0 Å². The lowest BCUT2D eigenvalue weighted by Gasteiger charge is -2.08. The van der Waals surface area contributed by atoms with E-state index in [-0.39, 0.29) is 4.87 Å². The molecule has 0 aliphatic heterocycles. The fourth-order valence-corrected chi connectivity index (χ4v) is 2.20. The lowest BCUT2D eigenvalue weighted by Crippen LogP contribution is -2.18. The summed E-state index contributed by atoms with van der Waals surface area (Å²) in [5.41, 5.74) is 4.37. The van der Waals surface area contributed by atoms with Crippen LogP contribution in [0.15, 0.2) is 28.5 Å². The third kappa shape index (κ3) is 1.98. The Kier molecular flexibility index (Phi) is 3.02. The highest BCUT2D eigenvalue weighted by Crippen LogP contribution is 2.12. The summed E-state index contributed by atoms with van der Waals surface area (Å²) in [7, 11) is 0. The van der Waals surface area contributed by atoms with Crippen molar-refractivity contribution in [1.29, 1.82) is 0 Å². The van der Waals surface area contributed by atoms with E-state index in [0.29, 0.717) is 12.4 Å². The number of nitrogens with zero attached hydrogens (tertiary/aromatic N) is 2. The minimum absolute atomic E-state index is 0.0318. The van der Waals surface area contributed by atoms with Gasteiger partial charge < -0.3 is 5.43 Å². The molecule has 0 saturated heterocycles. The molecule has 5 nitrogen and oxygen atoms in total. The number of rotatable bonds is 3. The molecular formula is C10H12N4OS. The smallest absolute Gasteiger partial charge is 0.307 e. The predicted molar refractivity (Wildman–Crippen MR) is 64.5 cm³/mol. The molecule has 0 spiro atoms. The van der Waals surface area contributed by atoms with Gasteiger partial charge in [-0.1, -0.05) is 17.4 Å². The molecule has 0 unspecified atom stereocenters. The van der Waals surface area contributed by atoms with Gasteiger partial charge in [0.25, 0.3) is 0 Å². The van der Waals surface area contributed by atoms with Crippen molar-refractivity contribution in [1.82, 2.24) is 9.55 Å². The molecule has 3 N–H and O–H groups in total. The molecule has 0 aromatic carbocycles. The number of nitrogens with one attached hydrogen (secondary N) is 1. The third-order valence-electron chi connectivity index (χ3n) is 2.33. The number of thiazole rings is 1. The number of aromatic nitrogens is 2. The largest absolute Gasteiger partial charge is 0.308 e. The van der Waals surface area contributed by atoms with Crippen LogP contribution in [0, 0.1) is 6.92 Å². The second-order valence-corrected chi connectivity index (χ2v) is 4.21. The van der Waals surface area contributed by atoms with E-state index in [1.165, 1.54) is 11.3 Å². The van der Waals surface area contributed by atoms with E-state index in [1.54, 1.807) is 10.8 Å². The summed E-state index contributed by atoms with van der Waals surface area (Å²) in [6.07, 6.45) is 1.65.